The first-order valence-electron chi connectivity index (χ1n) is 5.77. The quantitative estimate of drug-likeness (QED) is 0.573. The van der Waals surface area contributed by atoms with Gasteiger partial charge in [-0.1, -0.05) is 0 Å². The topological polar surface area (TPSA) is 58.6 Å². The number of halogens is 1. The van der Waals surface area contributed by atoms with Gasteiger partial charge in [-0.3, -0.25) is 10.1 Å². The number of carbonyl (C=O) groups is 1. The van der Waals surface area contributed by atoms with Crippen molar-refractivity contribution in [3.05, 3.63) is 0 Å². The molecule has 16 heavy (non-hydrogen) atoms. The van der Waals surface area contributed by atoms with E-state index < -0.39 is 5.97 Å². The maximum absolute atomic E-state index is 11.2. The van der Waals surface area contributed by atoms with Gasteiger partial charge >= 0.3 is 5.97 Å². The number of rotatable bonds is 2. The van der Waals surface area contributed by atoms with Gasteiger partial charge in [-0.05, 0) is 31.6 Å². The van der Waals surface area contributed by atoms with Crippen molar-refractivity contribution in [3.8, 4) is 0 Å². The van der Waals surface area contributed by atoms with Crippen molar-refractivity contribution < 1.29 is 14.6 Å². The van der Waals surface area contributed by atoms with Gasteiger partial charge in [0.05, 0.1) is 17.5 Å². The highest BCUT2D eigenvalue weighted by molar-refractivity contribution is 6.20. The summed E-state index contributed by atoms with van der Waals surface area (Å²) in [7, 11) is 1.70. The van der Waals surface area contributed by atoms with Crippen LogP contribution in [0.25, 0.3) is 0 Å². The Morgan fingerprint density at radius 3 is 2.81 bits per heavy atom. The van der Waals surface area contributed by atoms with E-state index in [9.17, 15) is 9.90 Å². The maximum atomic E-state index is 11.2. The summed E-state index contributed by atoms with van der Waals surface area (Å²) in [5.41, 5.74) is -0.207. The number of fused-ring (bicyclic) bond motifs is 1. The van der Waals surface area contributed by atoms with Crippen LogP contribution in [0.2, 0.25) is 0 Å². The summed E-state index contributed by atoms with van der Waals surface area (Å²) in [5.74, 6) is -0.892. The van der Waals surface area contributed by atoms with Crippen molar-refractivity contribution in [1.29, 1.82) is 0 Å². The molecule has 2 aliphatic rings. The molecule has 0 aromatic carbocycles. The molecule has 1 saturated heterocycles. The lowest BCUT2D eigenvalue weighted by Crippen LogP contribution is -2.54. The van der Waals surface area contributed by atoms with Gasteiger partial charge in [0.1, 0.15) is 0 Å². The molecule has 0 bridgehead atoms. The molecule has 1 aliphatic heterocycles. The fourth-order valence-corrected chi connectivity index (χ4v) is 3.37. The summed E-state index contributed by atoms with van der Waals surface area (Å²) in [6.45, 7) is 0. The highest BCUT2D eigenvalue weighted by atomic mass is 35.5. The first-order chi connectivity index (χ1) is 7.61. The molecule has 5 atom stereocenters. The molecular weight excluding hydrogens is 230 g/mol. The Hall–Kier alpha value is -0.320. The summed E-state index contributed by atoms with van der Waals surface area (Å²) >= 11 is 6.04. The monoisotopic (exact) mass is 247 g/mol. The van der Waals surface area contributed by atoms with Crippen LogP contribution in [0.1, 0.15) is 25.7 Å². The number of carboxylic acids is 1. The average Bonchev–Trinajstić information content (AvgIpc) is 2.27. The standard InChI is InChI=1S/C11H18ClNO3/c1-16-6-2-3-9-7(4-6)8(11(14)15)5-10(12)13-9/h6-10,13H,2-5H2,1H3,(H,14,15)/t6-,7+,8+,9+,10+/m1/s1. The number of carboxylic acid groups (broad SMARTS) is 1. The van der Waals surface area contributed by atoms with E-state index in [-0.39, 0.29) is 29.5 Å². The third-order valence-electron chi connectivity index (χ3n) is 3.87. The molecule has 1 saturated carbocycles. The molecular formula is C11H18ClNO3. The minimum absolute atomic E-state index is 0.159. The normalized spacial score (nSPS) is 43.8. The largest absolute Gasteiger partial charge is 0.481 e. The molecule has 0 aromatic rings. The lowest BCUT2D eigenvalue weighted by Gasteiger charge is -2.44. The Morgan fingerprint density at radius 1 is 1.44 bits per heavy atom. The molecule has 0 radical (unpaired) electrons. The van der Waals surface area contributed by atoms with E-state index in [4.69, 9.17) is 16.3 Å². The van der Waals surface area contributed by atoms with E-state index in [1.165, 1.54) is 0 Å². The van der Waals surface area contributed by atoms with Crippen LogP contribution in [0.3, 0.4) is 0 Å². The van der Waals surface area contributed by atoms with Crippen LogP contribution in [0, 0.1) is 11.8 Å². The SMILES string of the molecule is CO[C@@H]1CC[C@@H]2N[C@H](Cl)C[C@H](C(=O)O)[C@@H]2C1. The number of hydrogen-bond acceptors (Lipinski definition) is 3. The van der Waals surface area contributed by atoms with Crippen LogP contribution in [0.15, 0.2) is 0 Å². The van der Waals surface area contributed by atoms with Crippen LogP contribution < -0.4 is 5.32 Å². The summed E-state index contributed by atoms with van der Waals surface area (Å²) in [5, 5.41) is 12.5. The molecule has 0 unspecified atom stereocenters. The molecule has 1 aliphatic carbocycles. The lowest BCUT2D eigenvalue weighted by molar-refractivity contribution is -0.147. The van der Waals surface area contributed by atoms with Crippen LogP contribution in [0.4, 0.5) is 0 Å². The van der Waals surface area contributed by atoms with Gasteiger partial charge in [0, 0.05) is 13.2 Å². The molecule has 92 valence electrons. The van der Waals surface area contributed by atoms with Gasteiger partial charge in [0.25, 0.3) is 0 Å². The van der Waals surface area contributed by atoms with Gasteiger partial charge in [0.2, 0.25) is 0 Å². The number of hydrogen-bond donors (Lipinski definition) is 2. The van der Waals surface area contributed by atoms with Crippen molar-refractivity contribution in [2.75, 3.05) is 7.11 Å². The highest BCUT2D eigenvalue weighted by Gasteiger charge is 2.43. The molecule has 2 fully saturated rings. The van der Waals surface area contributed by atoms with Crippen molar-refractivity contribution in [1.82, 2.24) is 5.32 Å². The minimum Gasteiger partial charge on any atom is -0.481 e. The molecule has 4 nitrogen and oxygen atoms in total. The summed E-state index contributed by atoms with van der Waals surface area (Å²) < 4.78 is 5.34. The fraction of sp³-hybridized carbons (Fsp3) is 0.909. The minimum atomic E-state index is -0.723. The van der Waals surface area contributed by atoms with Gasteiger partial charge in [-0.2, -0.15) is 0 Å². The number of aliphatic carboxylic acids is 1. The summed E-state index contributed by atoms with van der Waals surface area (Å²) in [4.78, 5) is 11.2. The van der Waals surface area contributed by atoms with Crippen LogP contribution in [-0.4, -0.2) is 35.8 Å². The zero-order valence-corrected chi connectivity index (χ0v) is 10.1. The molecule has 2 rings (SSSR count). The molecule has 1 heterocycles. The predicted molar refractivity (Wildman–Crippen MR) is 60.4 cm³/mol. The second-order valence-electron chi connectivity index (χ2n) is 4.76. The molecule has 0 spiro atoms. The van der Waals surface area contributed by atoms with Crippen molar-refractivity contribution in [2.24, 2.45) is 11.8 Å². The molecule has 0 amide bonds. The second-order valence-corrected chi connectivity index (χ2v) is 5.28. The fourth-order valence-electron chi connectivity index (χ4n) is 3.01. The molecule has 2 N–H and O–H groups in total. The van der Waals surface area contributed by atoms with E-state index in [2.05, 4.69) is 5.32 Å². The van der Waals surface area contributed by atoms with E-state index >= 15 is 0 Å². The van der Waals surface area contributed by atoms with Gasteiger partial charge in [-0.15, -0.1) is 11.6 Å². The molecule has 0 aromatic heterocycles. The first kappa shape index (κ1) is 12.1. The Morgan fingerprint density at radius 2 is 2.19 bits per heavy atom. The second kappa shape index (κ2) is 4.90. The lowest BCUT2D eigenvalue weighted by atomic mass is 9.72. The Balaban J connectivity index is 2.10. The Labute approximate surface area is 100 Å². The summed E-state index contributed by atoms with van der Waals surface area (Å²) in [6, 6.07) is 0.240. The van der Waals surface area contributed by atoms with Gasteiger partial charge in [0.15, 0.2) is 0 Å². The number of nitrogens with one attached hydrogen (secondary N) is 1. The van der Waals surface area contributed by atoms with Crippen molar-refractivity contribution in [2.45, 2.75) is 43.3 Å². The van der Waals surface area contributed by atoms with Crippen molar-refractivity contribution in [3.63, 3.8) is 0 Å². The predicted octanol–water partition coefficient (Wildman–Crippen LogP) is 1.43. The smallest absolute Gasteiger partial charge is 0.306 e. The van der Waals surface area contributed by atoms with E-state index in [1.807, 2.05) is 0 Å². The number of alkyl halides is 1. The van der Waals surface area contributed by atoms with Crippen LogP contribution in [0.5, 0.6) is 0 Å². The molecule has 5 heteroatoms. The van der Waals surface area contributed by atoms with E-state index in [0.29, 0.717) is 6.42 Å². The van der Waals surface area contributed by atoms with Crippen LogP contribution in [-0.2, 0) is 9.53 Å². The van der Waals surface area contributed by atoms with E-state index in [1.54, 1.807) is 7.11 Å². The van der Waals surface area contributed by atoms with Crippen LogP contribution >= 0.6 is 11.6 Å². The van der Waals surface area contributed by atoms with Gasteiger partial charge < -0.3 is 9.84 Å². The maximum Gasteiger partial charge on any atom is 0.306 e. The first-order valence-corrected chi connectivity index (χ1v) is 6.21. The number of ether oxygens (including phenoxy) is 1. The Kier molecular flexibility index (Phi) is 3.72. The number of piperidine rings is 1. The number of methoxy groups -OCH3 is 1. The van der Waals surface area contributed by atoms with E-state index in [0.717, 1.165) is 19.3 Å². The zero-order chi connectivity index (χ0) is 11.7. The third-order valence-corrected chi connectivity index (χ3v) is 4.18. The van der Waals surface area contributed by atoms with Gasteiger partial charge in [-0.25, -0.2) is 0 Å². The summed E-state index contributed by atoms with van der Waals surface area (Å²) in [6.07, 6.45) is 3.48. The average molecular weight is 248 g/mol. The third kappa shape index (κ3) is 2.34. The Bertz CT molecular complexity index is 274. The highest BCUT2D eigenvalue weighted by Crippen LogP contribution is 2.38. The van der Waals surface area contributed by atoms with Crippen molar-refractivity contribution >= 4 is 17.6 Å². The zero-order valence-electron chi connectivity index (χ0n) is 9.36.